The van der Waals surface area contributed by atoms with E-state index in [0.29, 0.717) is 0 Å². The van der Waals surface area contributed by atoms with Gasteiger partial charge in [0.15, 0.2) is 11.8 Å². The number of nitrogens with zero attached hydrogens (tertiary/aromatic N) is 2. The summed E-state index contributed by atoms with van der Waals surface area (Å²) in [5, 5.41) is 0. The van der Waals surface area contributed by atoms with Crippen LogP contribution in [0.1, 0.15) is 174 Å². The van der Waals surface area contributed by atoms with Gasteiger partial charge >= 0.3 is 0 Å². The summed E-state index contributed by atoms with van der Waals surface area (Å²) in [5.41, 5.74) is 2.15. The molecule has 2 aromatic rings. The number of aromatic nitrogens is 2. The maximum atomic E-state index is 6.06. The summed E-state index contributed by atoms with van der Waals surface area (Å²) in [6, 6.07) is 0. The average Bonchev–Trinajstić information content (AvgIpc) is 3.18. The van der Waals surface area contributed by atoms with Crippen LogP contribution < -0.4 is 0 Å². The standard InChI is InChI=1S/2C15H27NO.2CH4/c2*1-13(2,3)10-11(14(4,5)6)17-12(16-10)15(7,8)9;;/h2*1-9H3;2*1H4. The highest BCUT2D eigenvalue weighted by molar-refractivity contribution is 5.27. The second-order valence-electron chi connectivity index (χ2n) is 15.9. The lowest BCUT2D eigenvalue weighted by Gasteiger charge is -2.22. The van der Waals surface area contributed by atoms with Crippen LogP contribution in [0.5, 0.6) is 0 Å². The zero-order valence-corrected chi connectivity index (χ0v) is 25.7. The van der Waals surface area contributed by atoms with Crippen molar-refractivity contribution in [3.05, 3.63) is 34.7 Å². The first kappa shape index (κ1) is 36.6. The van der Waals surface area contributed by atoms with Gasteiger partial charge in [-0.15, -0.1) is 0 Å². The van der Waals surface area contributed by atoms with E-state index >= 15 is 0 Å². The zero-order valence-electron chi connectivity index (χ0n) is 25.7. The quantitative estimate of drug-likeness (QED) is 0.356. The van der Waals surface area contributed by atoms with Gasteiger partial charge in [0.1, 0.15) is 11.5 Å². The Morgan fingerprint density at radius 3 is 0.694 bits per heavy atom. The van der Waals surface area contributed by atoms with Crippen LogP contribution in [0.2, 0.25) is 0 Å². The first-order chi connectivity index (χ1) is 14.7. The normalized spacial score (nSPS) is 13.4. The lowest BCUT2D eigenvalue weighted by molar-refractivity contribution is 0.332. The SMILES string of the molecule is C.C.CC(C)(C)c1nc(C(C)(C)C)c(C(C)(C)C)o1.CC(C)(C)c1nc(C(C)(C)C)c(C(C)(C)C)o1. The Labute approximate surface area is 225 Å². The molecule has 36 heavy (non-hydrogen) atoms. The van der Waals surface area contributed by atoms with Crippen LogP contribution >= 0.6 is 0 Å². The summed E-state index contributed by atoms with van der Waals surface area (Å²) in [4.78, 5) is 9.51. The van der Waals surface area contributed by atoms with Crippen molar-refractivity contribution in [2.75, 3.05) is 0 Å². The van der Waals surface area contributed by atoms with Gasteiger partial charge in [-0.1, -0.05) is 139 Å². The molecular formula is C32H62N2O2. The fourth-order valence-electron chi connectivity index (χ4n) is 3.32. The molecule has 0 aromatic carbocycles. The molecule has 0 unspecified atom stereocenters. The Morgan fingerprint density at radius 2 is 0.583 bits per heavy atom. The highest BCUT2D eigenvalue weighted by atomic mass is 16.4. The van der Waals surface area contributed by atoms with Gasteiger partial charge in [0.2, 0.25) is 0 Å². The van der Waals surface area contributed by atoms with E-state index in [1.807, 2.05) is 0 Å². The Hall–Kier alpha value is -1.58. The molecule has 2 heterocycles. The van der Waals surface area contributed by atoms with E-state index < -0.39 is 0 Å². The summed E-state index contributed by atoms with van der Waals surface area (Å²) >= 11 is 0. The minimum atomic E-state index is -0.0382. The van der Waals surface area contributed by atoms with Crippen LogP contribution in [0, 0.1) is 0 Å². The molecule has 0 fully saturated rings. The summed E-state index contributed by atoms with van der Waals surface area (Å²) < 4.78 is 12.1. The second kappa shape index (κ2) is 11.0. The number of oxazole rings is 2. The van der Waals surface area contributed by atoms with Gasteiger partial charge in [0.25, 0.3) is 0 Å². The molecule has 0 atom stereocenters. The number of hydrogen-bond donors (Lipinski definition) is 0. The van der Waals surface area contributed by atoms with Crippen molar-refractivity contribution < 1.29 is 8.83 Å². The van der Waals surface area contributed by atoms with Crippen molar-refractivity contribution in [3.8, 4) is 0 Å². The van der Waals surface area contributed by atoms with Gasteiger partial charge in [-0.05, 0) is 0 Å². The summed E-state index contributed by atoms with van der Waals surface area (Å²) in [6.45, 7) is 39.0. The topological polar surface area (TPSA) is 52.1 Å². The second-order valence-corrected chi connectivity index (χ2v) is 15.9. The van der Waals surface area contributed by atoms with Gasteiger partial charge < -0.3 is 8.83 Å². The summed E-state index contributed by atoms with van der Waals surface area (Å²) in [5.74, 6) is 3.73. The largest absolute Gasteiger partial charge is 0.444 e. The first-order valence-electron chi connectivity index (χ1n) is 12.7. The highest BCUT2D eigenvalue weighted by Gasteiger charge is 2.35. The third kappa shape index (κ3) is 9.38. The first-order valence-corrected chi connectivity index (χ1v) is 12.7. The smallest absolute Gasteiger partial charge is 0.200 e. The van der Waals surface area contributed by atoms with Gasteiger partial charge in [0, 0.05) is 32.5 Å². The fourth-order valence-corrected chi connectivity index (χ4v) is 3.32. The molecule has 4 nitrogen and oxygen atoms in total. The van der Waals surface area contributed by atoms with Gasteiger partial charge in [-0.25, -0.2) is 9.97 Å². The number of hydrogen-bond acceptors (Lipinski definition) is 4. The van der Waals surface area contributed by atoms with Crippen LogP contribution in [0.3, 0.4) is 0 Å². The Balaban J connectivity index is 0. The molecule has 0 saturated heterocycles. The van der Waals surface area contributed by atoms with Crippen molar-refractivity contribution in [2.24, 2.45) is 0 Å². The molecular weight excluding hydrogens is 444 g/mol. The van der Waals surface area contributed by atoms with E-state index in [1.54, 1.807) is 0 Å². The van der Waals surface area contributed by atoms with E-state index in [1.165, 1.54) is 0 Å². The molecule has 0 amide bonds. The molecule has 0 radical (unpaired) electrons. The molecule has 0 aliphatic heterocycles. The predicted octanol–water partition coefficient (Wildman–Crippen LogP) is 10.4. The predicted molar refractivity (Wildman–Crippen MR) is 159 cm³/mol. The van der Waals surface area contributed by atoms with Crippen LogP contribution in [0.4, 0.5) is 0 Å². The lowest BCUT2D eigenvalue weighted by Crippen LogP contribution is -2.21. The molecule has 0 saturated carbocycles. The summed E-state index contributed by atoms with van der Waals surface area (Å²) in [7, 11) is 0. The molecule has 2 aromatic heterocycles. The van der Waals surface area contributed by atoms with Crippen molar-refractivity contribution in [1.82, 2.24) is 9.97 Å². The van der Waals surface area contributed by atoms with E-state index in [0.717, 1.165) is 34.7 Å². The van der Waals surface area contributed by atoms with E-state index in [2.05, 4.69) is 125 Å². The average molecular weight is 507 g/mol. The van der Waals surface area contributed by atoms with Crippen molar-refractivity contribution in [3.63, 3.8) is 0 Å². The Bertz CT molecular complexity index is 806. The van der Waals surface area contributed by atoms with Gasteiger partial charge in [-0.2, -0.15) is 0 Å². The highest BCUT2D eigenvalue weighted by Crippen LogP contribution is 2.38. The molecule has 0 aliphatic carbocycles. The summed E-state index contributed by atoms with van der Waals surface area (Å²) in [6.07, 6.45) is 0. The van der Waals surface area contributed by atoms with Crippen molar-refractivity contribution in [1.29, 1.82) is 0 Å². The molecule has 212 valence electrons. The Morgan fingerprint density at radius 1 is 0.361 bits per heavy atom. The van der Waals surface area contributed by atoms with E-state index in [-0.39, 0.29) is 47.3 Å². The molecule has 0 N–H and O–H groups in total. The zero-order chi connectivity index (χ0) is 27.3. The van der Waals surface area contributed by atoms with Crippen LogP contribution in [0.25, 0.3) is 0 Å². The molecule has 2 rings (SSSR count). The number of rotatable bonds is 0. The van der Waals surface area contributed by atoms with Crippen LogP contribution in [0.15, 0.2) is 8.83 Å². The minimum Gasteiger partial charge on any atom is -0.444 e. The molecule has 0 spiro atoms. The Kier molecular flexibility index (Phi) is 11.2. The van der Waals surface area contributed by atoms with Crippen LogP contribution in [-0.4, -0.2) is 9.97 Å². The van der Waals surface area contributed by atoms with E-state index in [9.17, 15) is 0 Å². The van der Waals surface area contributed by atoms with Gasteiger partial charge in [-0.3, -0.25) is 0 Å². The lowest BCUT2D eigenvalue weighted by atomic mass is 9.83. The minimum absolute atomic E-state index is 0. The molecule has 4 heteroatoms. The van der Waals surface area contributed by atoms with Crippen molar-refractivity contribution >= 4 is 0 Å². The van der Waals surface area contributed by atoms with Crippen LogP contribution in [-0.2, 0) is 32.5 Å². The maximum Gasteiger partial charge on any atom is 0.200 e. The third-order valence-corrected chi connectivity index (χ3v) is 5.32. The molecule has 0 aliphatic rings. The van der Waals surface area contributed by atoms with Crippen molar-refractivity contribution in [2.45, 2.75) is 172 Å². The van der Waals surface area contributed by atoms with Gasteiger partial charge in [0.05, 0.1) is 11.4 Å². The monoisotopic (exact) mass is 506 g/mol. The third-order valence-electron chi connectivity index (χ3n) is 5.32. The van der Waals surface area contributed by atoms with E-state index in [4.69, 9.17) is 18.8 Å². The fraction of sp³-hybridized carbons (Fsp3) is 0.812. The maximum absolute atomic E-state index is 6.06. The molecule has 0 bridgehead atoms.